The Balaban J connectivity index is 1.64. The SMILES string of the molecule is Cc1c(C(=O)NNC(=S)NC2CCCC2)oc2ccc(Cl)cc12. The van der Waals surface area contributed by atoms with Gasteiger partial charge in [0.2, 0.25) is 0 Å². The molecule has 7 heteroatoms. The average Bonchev–Trinajstić information content (AvgIpc) is 3.14. The van der Waals surface area contributed by atoms with E-state index in [0.29, 0.717) is 21.8 Å². The van der Waals surface area contributed by atoms with Crippen LogP contribution in [0.3, 0.4) is 0 Å². The van der Waals surface area contributed by atoms with Gasteiger partial charge in [0.1, 0.15) is 5.58 Å². The normalized spacial score (nSPS) is 14.9. The molecule has 1 aliphatic carbocycles. The van der Waals surface area contributed by atoms with Gasteiger partial charge in [0.25, 0.3) is 0 Å². The summed E-state index contributed by atoms with van der Waals surface area (Å²) in [5, 5.41) is 5.04. The number of halogens is 1. The van der Waals surface area contributed by atoms with Crippen LogP contribution < -0.4 is 16.2 Å². The van der Waals surface area contributed by atoms with E-state index in [9.17, 15) is 4.79 Å². The average molecular weight is 352 g/mol. The fourth-order valence-electron chi connectivity index (χ4n) is 2.87. The minimum absolute atomic E-state index is 0.249. The molecule has 5 nitrogen and oxygen atoms in total. The van der Waals surface area contributed by atoms with E-state index in [1.165, 1.54) is 12.8 Å². The second-order valence-corrected chi connectivity index (χ2v) is 6.58. The zero-order valence-corrected chi connectivity index (χ0v) is 14.3. The molecule has 1 saturated carbocycles. The van der Waals surface area contributed by atoms with E-state index in [4.69, 9.17) is 28.2 Å². The Morgan fingerprint density at radius 1 is 1.30 bits per heavy atom. The number of hydrazine groups is 1. The molecule has 0 atom stereocenters. The first-order valence-electron chi connectivity index (χ1n) is 7.60. The van der Waals surface area contributed by atoms with Gasteiger partial charge in [-0.3, -0.25) is 15.6 Å². The number of benzene rings is 1. The number of carbonyl (C=O) groups excluding carboxylic acids is 1. The molecule has 23 heavy (non-hydrogen) atoms. The van der Waals surface area contributed by atoms with Gasteiger partial charge in [-0.1, -0.05) is 24.4 Å². The van der Waals surface area contributed by atoms with E-state index in [-0.39, 0.29) is 11.7 Å². The van der Waals surface area contributed by atoms with E-state index < -0.39 is 0 Å². The van der Waals surface area contributed by atoms with Crippen LogP contribution in [-0.4, -0.2) is 17.1 Å². The fourth-order valence-corrected chi connectivity index (χ4v) is 3.26. The molecule has 0 spiro atoms. The molecule has 2 aromatic rings. The van der Waals surface area contributed by atoms with E-state index >= 15 is 0 Å². The van der Waals surface area contributed by atoms with Crippen molar-refractivity contribution >= 4 is 45.8 Å². The van der Waals surface area contributed by atoms with Gasteiger partial charge < -0.3 is 9.73 Å². The lowest BCUT2D eigenvalue weighted by atomic mass is 10.1. The third kappa shape index (κ3) is 3.59. The number of aryl methyl sites for hydroxylation is 1. The fraction of sp³-hybridized carbons (Fsp3) is 0.375. The van der Waals surface area contributed by atoms with Crippen molar-refractivity contribution in [2.45, 2.75) is 38.6 Å². The summed E-state index contributed by atoms with van der Waals surface area (Å²) >= 11 is 11.2. The van der Waals surface area contributed by atoms with Gasteiger partial charge in [-0.15, -0.1) is 0 Å². The molecule has 0 unspecified atom stereocenters. The molecule has 0 bridgehead atoms. The van der Waals surface area contributed by atoms with E-state index in [1.54, 1.807) is 18.2 Å². The lowest BCUT2D eigenvalue weighted by Gasteiger charge is -2.15. The summed E-state index contributed by atoms with van der Waals surface area (Å²) in [5.41, 5.74) is 6.67. The molecule has 1 heterocycles. The van der Waals surface area contributed by atoms with Crippen LogP contribution in [0.5, 0.6) is 0 Å². The molecule has 1 aliphatic rings. The summed E-state index contributed by atoms with van der Waals surface area (Å²) in [5.74, 6) is -0.121. The molecule has 0 aliphatic heterocycles. The molecule has 1 fully saturated rings. The summed E-state index contributed by atoms with van der Waals surface area (Å²) in [6, 6.07) is 5.66. The molecular formula is C16H18ClN3O2S. The first kappa shape index (κ1) is 16.1. The van der Waals surface area contributed by atoms with Crippen LogP contribution in [0.4, 0.5) is 0 Å². The van der Waals surface area contributed by atoms with E-state index in [0.717, 1.165) is 23.8 Å². The first-order valence-corrected chi connectivity index (χ1v) is 8.38. The van der Waals surface area contributed by atoms with E-state index in [1.807, 2.05) is 6.92 Å². The number of thiocarbonyl (C=S) groups is 1. The van der Waals surface area contributed by atoms with Crippen LogP contribution in [0, 0.1) is 6.92 Å². The minimum Gasteiger partial charge on any atom is -0.451 e. The molecule has 122 valence electrons. The quantitative estimate of drug-likeness (QED) is 0.571. The van der Waals surface area contributed by atoms with Gasteiger partial charge in [0, 0.05) is 22.0 Å². The maximum atomic E-state index is 12.3. The van der Waals surface area contributed by atoms with Crippen molar-refractivity contribution in [3.05, 3.63) is 34.5 Å². The zero-order chi connectivity index (χ0) is 16.4. The largest absolute Gasteiger partial charge is 0.451 e. The molecule has 0 radical (unpaired) electrons. The van der Waals surface area contributed by atoms with Crippen LogP contribution in [0.25, 0.3) is 11.0 Å². The highest BCUT2D eigenvalue weighted by Gasteiger charge is 2.19. The summed E-state index contributed by atoms with van der Waals surface area (Å²) in [6.07, 6.45) is 4.65. The number of carbonyl (C=O) groups is 1. The summed E-state index contributed by atoms with van der Waals surface area (Å²) in [6.45, 7) is 1.83. The van der Waals surface area contributed by atoms with Gasteiger partial charge in [0.15, 0.2) is 10.9 Å². The van der Waals surface area contributed by atoms with Crippen molar-refractivity contribution in [1.82, 2.24) is 16.2 Å². The molecule has 3 N–H and O–H groups in total. The molecule has 0 saturated heterocycles. The molecule has 1 aromatic heterocycles. The number of hydrogen-bond acceptors (Lipinski definition) is 3. The summed E-state index contributed by atoms with van der Waals surface area (Å²) in [4.78, 5) is 12.3. The summed E-state index contributed by atoms with van der Waals surface area (Å²) < 4.78 is 5.61. The number of fused-ring (bicyclic) bond motifs is 1. The second-order valence-electron chi connectivity index (χ2n) is 5.73. The highest BCUT2D eigenvalue weighted by Crippen LogP contribution is 2.27. The van der Waals surface area contributed by atoms with Crippen molar-refractivity contribution in [1.29, 1.82) is 0 Å². The van der Waals surface area contributed by atoms with Crippen LogP contribution in [0.15, 0.2) is 22.6 Å². The molecule has 1 aromatic carbocycles. The number of furan rings is 1. The second kappa shape index (κ2) is 6.76. The molecule has 3 rings (SSSR count). The molecule has 1 amide bonds. The van der Waals surface area contributed by atoms with Crippen LogP contribution >= 0.6 is 23.8 Å². The number of rotatable bonds is 2. The highest BCUT2D eigenvalue weighted by molar-refractivity contribution is 7.80. The lowest BCUT2D eigenvalue weighted by molar-refractivity contribution is 0.0917. The number of amides is 1. The Morgan fingerprint density at radius 3 is 2.78 bits per heavy atom. The van der Waals surface area contributed by atoms with Gasteiger partial charge in [-0.2, -0.15) is 0 Å². The first-order chi connectivity index (χ1) is 11.0. The Hall–Kier alpha value is -1.79. The van der Waals surface area contributed by atoms with Crippen molar-refractivity contribution in [3.63, 3.8) is 0 Å². The van der Waals surface area contributed by atoms with Gasteiger partial charge in [-0.25, -0.2) is 0 Å². The Kier molecular flexibility index (Phi) is 4.73. The van der Waals surface area contributed by atoms with Gasteiger partial charge in [-0.05, 0) is 50.2 Å². The minimum atomic E-state index is -0.370. The standard InChI is InChI=1S/C16H18ClN3O2S/c1-9-12-8-10(17)6-7-13(12)22-14(9)15(21)19-20-16(23)18-11-4-2-3-5-11/h6-8,11H,2-5H2,1H3,(H,19,21)(H2,18,20,23). The smallest absolute Gasteiger partial charge is 0.305 e. The summed E-state index contributed by atoms with van der Waals surface area (Å²) in [7, 11) is 0. The monoisotopic (exact) mass is 351 g/mol. The lowest BCUT2D eigenvalue weighted by Crippen LogP contribution is -2.49. The molecular weight excluding hydrogens is 334 g/mol. The van der Waals surface area contributed by atoms with Crippen molar-refractivity contribution in [2.24, 2.45) is 0 Å². The predicted molar refractivity (Wildman–Crippen MR) is 94.6 cm³/mol. The van der Waals surface area contributed by atoms with Crippen LogP contribution in [-0.2, 0) is 0 Å². The Morgan fingerprint density at radius 2 is 2.04 bits per heavy atom. The Labute approximate surface area is 144 Å². The number of hydrogen-bond donors (Lipinski definition) is 3. The predicted octanol–water partition coefficient (Wildman–Crippen LogP) is 3.45. The maximum Gasteiger partial charge on any atom is 0.305 e. The third-order valence-electron chi connectivity index (χ3n) is 4.08. The van der Waals surface area contributed by atoms with Crippen LogP contribution in [0.2, 0.25) is 5.02 Å². The van der Waals surface area contributed by atoms with Crippen molar-refractivity contribution < 1.29 is 9.21 Å². The maximum absolute atomic E-state index is 12.3. The zero-order valence-electron chi connectivity index (χ0n) is 12.7. The topological polar surface area (TPSA) is 66.3 Å². The number of nitrogens with one attached hydrogen (secondary N) is 3. The Bertz CT molecular complexity index is 753. The van der Waals surface area contributed by atoms with Crippen molar-refractivity contribution in [3.8, 4) is 0 Å². The van der Waals surface area contributed by atoms with Crippen LogP contribution in [0.1, 0.15) is 41.8 Å². The van der Waals surface area contributed by atoms with Gasteiger partial charge >= 0.3 is 5.91 Å². The highest BCUT2D eigenvalue weighted by atomic mass is 35.5. The third-order valence-corrected chi connectivity index (χ3v) is 4.54. The van der Waals surface area contributed by atoms with E-state index in [2.05, 4.69) is 16.2 Å². The van der Waals surface area contributed by atoms with Gasteiger partial charge in [0.05, 0.1) is 0 Å². The van der Waals surface area contributed by atoms with Crippen molar-refractivity contribution in [2.75, 3.05) is 0 Å².